The number of carbonyl (C=O) groups is 3. The largest absolute Gasteiger partial charge is 0.322 e. The van der Waals surface area contributed by atoms with E-state index in [9.17, 15) is 18.8 Å². The van der Waals surface area contributed by atoms with Crippen molar-refractivity contribution in [3.63, 3.8) is 0 Å². The molecular weight excluding hydrogens is 419 g/mol. The van der Waals surface area contributed by atoms with Gasteiger partial charge in [-0.3, -0.25) is 19.4 Å². The van der Waals surface area contributed by atoms with Gasteiger partial charge in [0.05, 0.1) is 0 Å². The van der Waals surface area contributed by atoms with E-state index < -0.39 is 11.9 Å². The van der Waals surface area contributed by atoms with Crippen LogP contribution in [-0.4, -0.2) is 40.7 Å². The number of ketones is 2. The maximum atomic E-state index is 13.5. The third-order valence-electron chi connectivity index (χ3n) is 5.68. The Kier molecular flexibility index (Phi) is 6.54. The molecule has 0 saturated carbocycles. The number of benzene rings is 3. The smallest absolute Gasteiger partial charge is 0.220 e. The van der Waals surface area contributed by atoms with Gasteiger partial charge in [0.25, 0.3) is 0 Å². The molecule has 1 aliphatic rings. The van der Waals surface area contributed by atoms with Crippen molar-refractivity contribution < 1.29 is 18.8 Å². The summed E-state index contributed by atoms with van der Waals surface area (Å²) in [6.07, 6.45) is 0.595. The second-order valence-electron chi connectivity index (χ2n) is 7.92. The summed E-state index contributed by atoms with van der Waals surface area (Å²) >= 11 is 0. The Hall–Kier alpha value is -3.93. The number of aliphatic imine (C=N–C) groups is 1. The first-order valence-corrected chi connectivity index (χ1v) is 10.7. The van der Waals surface area contributed by atoms with Crippen LogP contribution in [0.1, 0.15) is 38.8 Å². The number of fused-ring (bicyclic) bond motifs is 1. The minimum atomic E-state index is -1.13. The highest BCUT2D eigenvalue weighted by Crippen LogP contribution is 2.25. The Morgan fingerprint density at radius 1 is 0.879 bits per heavy atom. The summed E-state index contributed by atoms with van der Waals surface area (Å²) in [6, 6.07) is 20.9. The van der Waals surface area contributed by atoms with Crippen LogP contribution in [0, 0.1) is 5.82 Å². The molecule has 0 N–H and O–H groups in total. The van der Waals surface area contributed by atoms with Gasteiger partial charge < -0.3 is 4.90 Å². The fourth-order valence-corrected chi connectivity index (χ4v) is 4.00. The molecule has 3 aromatic rings. The van der Waals surface area contributed by atoms with E-state index in [4.69, 9.17) is 0 Å². The van der Waals surface area contributed by atoms with Crippen LogP contribution in [0.2, 0.25) is 0 Å². The molecule has 3 aromatic carbocycles. The van der Waals surface area contributed by atoms with E-state index in [1.54, 1.807) is 36.4 Å². The van der Waals surface area contributed by atoms with Crippen molar-refractivity contribution in [3.05, 3.63) is 107 Å². The van der Waals surface area contributed by atoms with E-state index in [-0.39, 0.29) is 35.3 Å². The average molecular weight is 442 g/mol. The molecule has 1 amide bonds. The molecule has 0 bridgehead atoms. The van der Waals surface area contributed by atoms with Crippen LogP contribution < -0.4 is 0 Å². The van der Waals surface area contributed by atoms with Crippen molar-refractivity contribution in [1.82, 2.24) is 4.90 Å². The zero-order valence-corrected chi connectivity index (χ0v) is 18.2. The van der Waals surface area contributed by atoms with Crippen LogP contribution in [0.15, 0.2) is 83.9 Å². The first-order valence-electron chi connectivity index (χ1n) is 10.7. The van der Waals surface area contributed by atoms with E-state index in [1.165, 1.54) is 24.0 Å². The minimum Gasteiger partial charge on any atom is -0.322 e. The molecule has 0 radical (unpaired) electrons. The third kappa shape index (κ3) is 4.80. The average Bonchev–Trinajstić information content (AvgIpc) is 2.83. The van der Waals surface area contributed by atoms with Crippen molar-refractivity contribution in [1.29, 1.82) is 0 Å². The molecule has 0 spiro atoms. The molecule has 1 aliphatic carbocycles. The predicted octanol–water partition coefficient (Wildman–Crippen LogP) is 4.31. The molecule has 6 heteroatoms. The summed E-state index contributed by atoms with van der Waals surface area (Å²) in [4.78, 5) is 45.4. The lowest BCUT2D eigenvalue weighted by Gasteiger charge is -2.33. The number of rotatable bonds is 6. The maximum absolute atomic E-state index is 13.5. The molecular formula is C27H23FN2O3. The van der Waals surface area contributed by atoms with Gasteiger partial charge in [-0.2, -0.15) is 0 Å². The lowest BCUT2D eigenvalue weighted by molar-refractivity contribution is -0.129. The molecule has 0 unspecified atom stereocenters. The zero-order valence-electron chi connectivity index (χ0n) is 18.2. The molecule has 5 nitrogen and oxygen atoms in total. The molecule has 0 saturated heterocycles. The normalized spacial score (nSPS) is 16.5. The van der Waals surface area contributed by atoms with E-state index in [1.807, 2.05) is 30.3 Å². The Morgan fingerprint density at radius 3 is 2.18 bits per heavy atom. The molecule has 0 fully saturated rings. The van der Waals surface area contributed by atoms with Gasteiger partial charge in [0.1, 0.15) is 17.6 Å². The lowest BCUT2D eigenvalue weighted by Crippen LogP contribution is -2.54. The molecule has 33 heavy (non-hydrogen) atoms. The highest BCUT2D eigenvalue weighted by Gasteiger charge is 2.42. The van der Waals surface area contributed by atoms with Gasteiger partial charge in [0.15, 0.2) is 5.78 Å². The number of hydrogen-bond acceptors (Lipinski definition) is 4. The fourth-order valence-electron chi connectivity index (χ4n) is 4.00. The Bertz CT molecular complexity index is 1220. The van der Waals surface area contributed by atoms with Gasteiger partial charge >= 0.3 is 0 Å². The molecule has 4 rings (SSSR count). The highest BCUT2D eigenvalue weighted by atomic mass is 19.1. The topological polar surface area (TPSA) is 66.8 Å². The number of halogens is 1. The van der Waals surface area contributed by atoms with Crippen LogP contribution in [-0.2, 0) is 17.8 Å². The van der Waals surface area contributed by atoms with Crippen molar-refractivity contribution >= 4 is 23.2 Å². The van der Waals surface area contributed by atoms with Crippen LogP contribution in [0.3, 0.4) is 0 Å². The van der Waals surface area contributed by atoms with Gasteiger partial charge in [0.2, 0.25) is 11.7 Å². The van der Waals surface area contributed by atoms with Gasteiger partial charge in [-0.25, -0.2) is 4.39 Å². The first kappa shape index (κ1) is 22.3. The molecule has 0 heterocycles. The van der Waals surface area contributed by atoms with Crippen LogP contribution in [0.4, 0.5) is 4.39 Å². The van der Waals surface area contributed by atoms with Crippen molar-refractivity contribution in [2.45, 2.75) is 25.9 Å². The predicted molar refractivity (Wildman–Crippen MR) is 124 cm³/mol. The fraction of sp³-hybridized carbons (Fsp3) is 0.185. The number of Topliss-reactive ketones (excluding diaryl/α,β-unsaturated/α-hetero) is 2. The van der Waals surface area contributed by atoms with Crippen LogP contribution in [0.25, 0.3) is 0 Å². The molecule has 1 atom stereocenters. The minimum absolute atomic E-state index is 0.0547. The zero-order chi connectivity index (χ0) is 23.4. The van der Waals surface area contributed by atoms with E-state index in [2.05, 4.69) is 4.99 Å². The molecule has 0 aromatic heterocycles. The number of carbonyl (C=O) groups excluding carboxylic acids is 3. The second-order valence-corrected chi connectivity index (χ2v) is 7.92. The van der Waals surface area contributed by atoms with Crippen LogP contribution in [0.5, 0.6) is 0 Å². The maximum Gasteiger partial charge on any atom is 0.220 e. The lowest BCUT2D eigenvalue weighted by atomic mass is 9.83. The van der Waals surface area contributed by atoms with E-state index in [0.29, 0.717) is 24.1 Å². The van der Waals surface area contributed by atoms with Crippen molar-refractivity contribution in [2.24, 2.45) is 4.99 Å². The highest BCUT2D eigenvalue weighted by molar-refractivity contribution is 6.55. The SMILES string of the molecule is CC(=O)N(Cc1ccc(F)cc1)[C@H]1C(=O)c2ccccc2C(=O)C1=NCCc1ccccc1. The molecule has 166 valence electrons. The van der Waals surface area contributed by atoms with Gasteiger partial charge in [-0.15, -0.1) is 0 Å². The summed E-state index contributed by atoms with van der Waals surface area (Å²) in [7, 11) is 0. The first-order chi connectivity index (χ1) is 16.0. The van der Waals surface area contributed by atoms with Crippen molar-refractivity contribution in [3.8, 4) is 0 Å². The summed E-state index contributed by atoms with van der Waals surface area (Å²) in [5.74, 6) is -1.47. The second kappa shape index (κ2) is 9.69. The third-order valence-corrected chi connectivity index (χ3v) is 5.68. The van der Waals surface area contributed by atoms with E-state index in [0.717, 1.165) is 5.56 Å². The Labute approximate surface area is 191 Å². The monoisotopic (exact) mass is 442 g/mol. The quantitative estimate of drug-likeness (QED) is 0.572. The number of nitrogens with zero attached hydrogens (tertiary/aromatic N) is 2. The van der Waals surface area contributed by atoms with Crippen molar-refractivity contribution in [2.75, 3.05) is 6.54 Å². The summed E-state index contributed by atoms with van der Waals surface area (Å²) in [5.41, 5.74) is 2.34. The summed E-state index contributed by atoms with van der Waals surface area (Å²) in [6.45, 7) is 1.71. The summed E-state index contributed by atoms with van der Waals surface area (Å²) in [5, 5.41) is 0. The molecule has 0 aliphatic heterocycles. The summed E-state index contributed by atoms with van der Waals surface area (Å²) < 4.78 is 13.4. The standard InChI is InChI=1S/C27H23FN2O3/c1-18(31)30(17-20-11-13-21(28)14-12-20)25-24(29-16-15-19-7-3-2-4-8-19)26(32)22-9-5-6-10-23(22)27(25)33/h2-14,25H,15-17H2,1H3/t25-/m1/s1. The van der Waals surface area contributed by atoms with E-state index >= 15 is 0 Å². The number of hydrogen-bond donors (Lipinski definition) is 0. The Morgan fingerprint density at radius 2 is 1.52 bits per heavy atom. The number of amides is 1. The Balaban J connectivity index is 1.72. The van der Waals surface area contributed by atoms with Gasteiger partial charge in [-0.1, -0.05) is 66.7 Å². The van der Waals surface area contributed by atoms with Crippen LogP contribution >= 0.6 is 0 Å². The van der Waals surface area contributed by atoms with Gasteiger partial charge in [-0.05, 0) is 29.7 Å². The van der Waals surface area contributed by atoms with Gasteiger partial charge in [0, 0.05) is 31.1 Å².